The minimum absolute atomic E-state index is 0.121. The Bertz CT molecular complexity index is 486. The summed E-state index contributed by atoms with van der Waals surface area (Å²) < 4.78 is 5.08. The first-order valence-corrected chi connectivity index (χ1v) is 5.23. The molecule has 0 atom stereocenters. The highest BCUT2D eigenvalue weighted by Gasteiger charge is 2.28. The topological polar surface area (TPSA) is 66.6 Å². The van der Waals surface area contributed by atoms with Gasteiger partial charge in [-0.25, -0.2) is 10.0 Å². The van der Waals surface area contributed by atoms with Gasteiger partial charge in [-0.2, -0.15) is 10.1 Å². The zero-order valence-electron chi connectivity index (χ0n) is 10.3. The number of fused-ring (bicyclic) bond motifs is 1. The summed E-state index contributed by atoms with van der Waals surface area (Å²) in [6.07, 6.45) is 3.29. The van der Waals surface area contributed by atoms with Gasteiger partial charge in [-0.15, -0.1) is 0 Å². The van der Waals surface area contributed by atoms with Gasteiger partial charge in [0.25, 0.3) is 0 Å². The molecule has 0 saturated carbocycles. The van der Waals surface area contributed by atoms with Crippen LogP contribution in [-0.4, -0.2) is 41.5 Å². The van der Waals surface area contributed by atoms with E-state index >= 15 is 0 Å². The monoisotopic (exact) mass is 234 g/mol. The molecule has 0 N–H and O–H groups in total. The van der Waals surface area contributed by atoms with Gasteiger partial charge >= 0.3 is 0 Å². The van der Waals surface area contributed by atoms with Crippen LogP contribution in [0.5, 0.6) is 0 Å². The standard InChI is InChI=1S/C11H14N4O2/c1-7(16)8-5-15-10(13-9(8)17-4)14-11(2,3)6-12-15/h5-6H,1-4H3. The Kier molecular flexibility index (Phi) is 2.57. The SMILES string of the molecule is COC1=NC2=NC(C)(C)C=NN2C=C1C(C)=O. The first-order chi connectivity index (χ1) is 7.93. The molecule has 2 rings (SSSR count). The largest absolute Gasteiger partial charge is 0.480 e. The molecule has 90 valence electrons. The highest BCUT2D eigenvalue weighted by Crippen LogP contribution is 2.19. The fourth-order valence-corrected chi connectivity index (χ4v) is 1.49. The number of hydrazone groups is 1. The van der Waals surface area contributed by atoms with Gasteiger partial charge in [0.15, 0.2) is 5.78 Å². The molecule has 0 saturated heterocycles. The van der Waals surface area contributed by atoms with Crippen molar-refractivity contribution in [2.24, 2.45) is 15.1 Å². The summed E-state index contributed by atoms with van der Waals surface area (Å²) in [4.78, 5) is 20.0. The van der Waals surface area contributed by atoms with Gasteiger partial charge in [0.05, 0.1) is 24.4 Å². The summed E-state index contributed by atoms with van der Waals surface area (Å²) in [6, 6.07) is 0. The van der Waals surface area contributed by atoms with E-state index in [0.717, 1.165) is 0 Å². The van der Waals surface area contributed by atoms with Crippen molar-refractivity contribution in [3.05, 3.63) is 11.8 Å². The van der Waals surface area contributed by atoms with E-state index in [-0.39, 0.29) is 11.7 Å². The number of hydrogen-bond donors (Lipinski definition) is 0. The Morgan fingerprint density at radius 1 is 1.47 bits per heavy atom. The fourth-order valence-electron chi connectivity index (χ4n) is 1.49. The lowest BCUT2D eigenvalue weighted by Gasteiger charge is -2.28. The van der Waals surface area contributed by atoms with Crippen LogP contribution in [0.3, 0.4) is 0 Å². The zero-order valence-corrected chi connectivity index (χ0v) is 10.3. The molecule has 0 unspecified atom stereocenters. The molecule has 0 aromatic rings. The Balaban J connectivity index is 2.44. The first-order valence-electron chi connectivity index (χ1n) is 5.23. The molecule has 0 amide bonds. The lowest BCUT2D eigenvalue weighted by atomic mass is 10.1. The maximum absolute atomic E-state index is 11.4. The molecule has 0 aromatic heterocycles. The Morgan fingerprint density at radius 3 is 2.76 bits per heavy atom. The first kappa shape index (κ1) is 11.5. The number of hydrogen-bond acceptors (Lipinski definition) is 6. The van der Waals surface area contributed by atoms with Crippen LogP contribution < -0.4 is 0 Å². The van der Waals surface area contributed by atoms with E-state index in [0.29, 0.717) is 11.5 Å². The van der Waals surface area contributed by atoms with Crippen LogP contribution in [0.25, 0.3) is 0 Å². The number of rotatable bonds is 1. The van der Waals surface area contributed by atoms with Crippen LogP contribution in [0.15, 0.2) is 26.9 Å². The van der Waals surface area contributed by atoms with E-state index in [1.807, 2.05) is 13.8 Å². The van der Waals surface area contributed by atoms with Crippen LogP contribution in [0.1, 0.15) is 20.8 Å². The van der Waals surface area contributed by atoms with Gasteiger partial charge < -0.3 is 4.74 Å². The van der Waals surface area contributed by atoms with Gasteiger partial charge in [-0.3, -0.25) is 4.79 Å². The average Bonchev–Trinajstić information content (AvgIpc) is 2.25. The van der Waals surface area contributed by atoms with Gasteiger partial charge in [0, 0.05) is 6.20 Å². The summed E-state index contributed by atoms with van der Waals surface area (Å²) in [5.74, 6) is 0.587. The maximum Gasteiger partial charge on any atom is 0.250 e. The number of nitrogens with zero attached hydrogens (tertiary/aromatic N) is 4. The van der Waals surface area contributed by atoms with Crippen LogP contribution in [0, 0.1) is 0 Å². The Morgan fingerprint density at radius 2 is 2.18 bits per heavy atom. The number of ketones is 1. The van der Waals surface area contributed by atoms with Crippen LogP contribution in [0.4, 0.5) is 0 Å². The minimum Gasteiger partial charge on any atom is -0.480 e. The van der Waals surface area contributed by atoms with Crippen molar-refractivity contribution in [3.8, 4) is 0 Å². The van der Waals surface area contributed by atoms with Crippen molar-refractivity contribution in [1.29, 1.82) is 0 Å². The number of carbonyl (C=O) groups is 1. The Hall–Kier alpha value is -1.98. The third-order valence-electron chi connectivity index (χ3n) is 2.35. The maximum atomic E-state index is 11.4. The normalized spacial score (nSPS) is 21.2. The third kappa shape index (κ3) is 2.11. The smallest absolute Gasteiger partial charge is 0.250 e. The fraction of sp³-hybridized carbons (Fsp3) is 0.455. The summed E-state index contributed by atoms with van der Waals surface area (Å²) in [5.41, 5.74) is -0.00115. The summed E-state index contributed by atoms with van der Waals surface area (Å²) >= 11 is 0. The van der Waals surface area contributed by atoms with Crippen LogP contribution in [0.2, 0.25) is 0 Å². The molecular formula is C11H14N4O2. The van der Waals surface area contributed by atoms with Gasteiger partial charge in [0.2, 0.25) is 11.9 Å². The second-order valence-electron chi connectivity index (χ2n) is 4.37. The van der Waals surface area contributed by atoms with Crippen LogP contribution in [-0.2, 0) is 9.53 Å². The van der Waals surface area contributed by atoms with Crippen molar-refractivity contribution in [3.63, 3.8) is 0 Å². The molecule has 0 bridgehead atoms. The number of aliphatic imine (C=N–C) groups is 2. The molecule has 0 fully saturated rings. The number of Topliss-reactive ketones (excluding diaryl/α,β-unsaturated/α-hetero) is 1. The molecular weight excluding hydrogens is 220 g/mol. The van der Waals surface area contributed by atoms with Crippen molar-refractivity contribution < 1.29 is 9.53 Å². The average molecular weight is 234 g/mol. The van der Waals surface area contributed by atoms with Crippen LogP contribution >= 0.6 is 0 Å². The molecule has 0 aliphatic carbocycles. The lowest BCUT2D eigenvalue weighted by Crippen LogP contribution is -2.37. The molecule has 2 aliphatic heterocycles. The Labute approximate surface area is 99.4 Å². The van der Waals surface area contributed by atoms with Gasteiger partial charge in [-0.05, 0) is 20.8 Å². The molecule has 2 heterocycles. The molecule has 2 aliphatic rings. The van der Waals surface area contributed by atoms with Gasteiger partial charge in [0.1, 0.15) is 0 Å². The predicted octanol–water partition coefficient (Wildman–Crippen LogP) is 0.954. The lowest BCUT2D eigenvalue weighted by molar-refractivity contribution is -0.113. The molecule has 17 heavy (non-hydrogen) atoms. The predicted molar refractivity (Wildman–Crippen MR) is 65.1 cm³/mol. The van der Waals surface area contributed by atoms with E-state index in [1.165, 1.54) is 19.0 Å². The number of carbonyl (C=O) groups excluding carboxylic acids is 1. The van der Waals surface area contributed by atoms with Crippen molar-refractivity contribution >= 4 is 23.9 Å². The summed E-state index contributed by atoms with van der Waals surface area (Å²) in [7, 11) is 1.48. The highest BCUT2D eigenvalue weighted by atomic mass is 16.5. The minimum atomic E-state index is -0.393. The second-order valence-corrected chi connectivity index (χ2v) is 4.37. The van der Waals surface area contributed by atoms with E-state index in [2.05, 4.69) is 15.1 Å². The van der Waals surface area contributed by atoms with Gasteiger partial charge in [-0.1, -0.05) is 0 Å². The quantitative estimate of drug-likeness (QED) is 0.678. The number of guanidine groups is 1. The molecule has 6 nitrogen and oxygen atoms in total. The van der Waals surface area contributed by atoms with E-state index in [1.54, 1.807) is 12.4 Å². The molecule has 6 heteroatoms. The molecule has 0 spiro atoms. The summed E-state index contributed by atoms with van der Waals surface area (Å²) in [6.45, 7) is 5.31. The summed E-state index contributed by atoms with van der Waals surface area (Å²) in [5, 5.41) is 5.67. The third-order valence-corrected chi connectivity index (χ3v) is 2.35. The van der Waals surface area contributed by atoms with E-state index < -0.39 is 5.54 Å². The highest BCUT2D eigenvalue weighted by molar-refractivity contribution is 6.22. The number of methoxy groups -OCH3 is 1. The molecule has 0 aromatic carbocycles. The number of ether oxygens (including phenoxy) is 1. The van der Waals surface area contributed by atoms with Crippen molar-refractivity contribution in [1.82, 2.24) is 5.01 Å². The zero-order chi connectivity index (χ0) is 12.6. The molecule has 0 radical (unpaired) electrons. The second kappa shape index (κ2) is 3.80. The van der Waals surface area contributed by atoms with Crippen molar-refractivity contribution in [2.45, 2.75) is 26.3 Å². The van der Waals surface area contributed by atoms with E-state index in [4.69, 9.17) is 4.74 Å². The van der Waals surface area contributed by atoms with Crippen molar-refractivity contribution in [2.75, 3.05) is 7.11 Å². The van der Waals surface area contributed by atoms with E-state index in [9.17, 15) is 4.79 Å².